The van der Waals surface area contributed by atoms with Crippen molar-refractivity contribution in [2.45, 2.75) is 32.2 Å². The summed E-state index contributed by atoms with van der Waals surface area (Å²) in [6, 6.07) is 8.07. The van der Waals surface area contributed by atoms with Crippen LogP contribution >= 0.6 is 24.2 Å². The van der Waals surface area contributed by atoms with Crippen LogP contribution in [-0.4, -0.2) is 49.1 Å². The summed E-state index contributed by atoms with van der Waals surface area (Å²) in [5, 5.41) is 3.40. The van der Waals surface area contributed by atoms with Gasteiger partial charge in [0.25, 0.3) is 0 Å². The standard InChI is InChI=1S/C18H28N2O2S.ClH/c1-3-4-12-23-13-9-18(21)20-11-10-19-14-16(20)15-7-5-6-8-17(15)22-2;/h5-8,16,19H,3-4,9-14H2,1-2H3;1H. The maximum atomic E-state index is 12.7. The van der Waals surface area contributed by atoms with E-state index in [1.165, 1.54) is 12.8 Å². The predicted molar refractivity (Wildman–Crippen MR) is 104 cm³/mol. The first kappa shape index (κ1) is 21.1. The molecule has 1 atom stereocenters. The van der Waals surface area contributed by atoms with Crippen LogP contribution in [0.4, 0.5) is 0 Å². The zero-order valence-corrected chi connectivity index (χ0v) is 16.3. The van der Waals surface area contributed by atoms with Gasteiger partial charge < -0.3 is 15.0 Å². The molecule has 0 bridgehead atoms. The van der Waals surface area contributed by atoms with Crippen LogP contribution in [0.5, 0.6) is 5.75 Å². The first-order valence-corrected chi connectivity index (χ1v) is 9.64. The van der Waals surface area contributed by atoms with Crippen LogP contribution in [0.25, 0.3) is 0 Å². The Bertz CT molecular complexity index is 502. The van der Waals surface area contributed by atoms with Crippen LogP contribution < -0.4 is 10.1 Å². The third-order valence-corrected chi connectivity index (χ3v) is 5.23. The van der Waals surface area contributed by atoms with Gasteiger partial charge in [-0.3, -0.25) is 4.79 Å². The number of hydrogen-bond acceptors (Lipinski definition) is 4. The molecule has 0 aliphatic carbocycles. The van der Waals surface area contributed by atoms with Gasteiger partial charge in [0, 0.05) is 37.4 Å². The number of methoxy groups -OCH3 is 1. The fraction of sp³-hybridized carbons (Fsp3) is 0.611. The van der Waals surface area contributed by atoms with Gasteiger partial charge in [0.05, 0.1) is 13.2 Å². The minimum absolute atomic E-state index is 0. The zero-order valence-electron chi connectivity index (χ0n) is 14.6. The highest BCUT2D eigenvalue weighted by atomic mass is 35.5. The molecule has 24 heavy (non-hydrogen) atoms. The molecule has 1 aliphatic heterocycles. The van der Waals surface area contributed by atoms with Crippen LogP contribution in [0.15, 0.2) is 24.3 Å². The number of halogens is 1. The van der Waals surface area contributed by atoms with Crippen molar-refractivity contribution in [2.24, 2.45) is 0 Å². The Hall–Kier alpha value is -0.910. The summed E-state index contributed by atoms with van der Waals surface area (Å²) in [7, 11) is 1.69. The van der Waals surface area contributed by atoms with Crippen molar-refractivity contribution < 1.29 is 9.53 Å². The average molecular weight is 373 g/mol. The van der Waals surface area contributed by atoms with Crippen LogP contribution in [0, 0.1) is 0 Å². The number of carbonyl (C=O) groups excluding carboxylic acids is 1. The molecule has 2 rings (SSSR count). The second kappa shape index (κ2) is 11.6. The number of nitrogens with zero attached hydrogens (tertiary/aromatic N) is 1. The van der Waals surface area contributed by atoms with E-state index in [2.05, 4.69) is 18.3 Å². The number of piperazine rings is 1. The quantitative estimate of drug-likeness (QED) is 0.709. The Morgan fingerprint density at radius 1 is 1.38 bits per heavy atom. The summed E-state index contributed by atoms with van der Waals surface area (Å²) in [4.78, 5) is 14.7. The molecule has 6 heteroatoms. The fourth-order valence-electron chi connectivity index (χ4n) is 2.87. The minimum atomic E-state index is 0. The lowest BCUT2D eigenvalue weighted by Gasteiger charge is -2.37. The van der Waals surface area contributed by atoms with Crippen LogP contribution in [0.1, 0.15) is 37.8 Å². The monoisotopic (exact) mass is 372 g/mol. The highest BCUT2D eigenvalue weighted by molar-refractivity contribution is 7.99. The summed E-state index contributed by atoms with van der Waals surface area (Å²) in [5.41, 5.74) is 1.09. The van der Waals surface area contributed by atoms with E-state index in [9.17, 15) is 4.79 Å². The third-order valence-electron chi connectivity index (χ3n) is 4.16. The van der Waals surface area contributed by atoms with E-state index < -0.39 is 0 Å². The molecule has 0 aromatic heterocycles. The van der Waals surface area contributed by atoms with Crippen molar-refractivity contribution >= 4 is 30.1 Å². The molecular formula is C18H29ClN2O2S. The Morgan fingerprint density at radius 3 is 2.92 bits per heavy atom. The Balaban J connectivity index is 0.00000288. The zero-order chi connectivity index (χ0) is 16.5. The van der Waals surface area contributed by atoms with Gasteiger partial charge in [0.2, 0.25) is 5.91 Å². The molecule has 1 amide bonds. The third kappa shape index (κ3) is 5.87. The van der Waals surface area contributed by atoms with Crippen molar-refractivity contribution in [3.05, 3.63) is 29.8 Å². The van der Waals surface area contributed by atoms with Gasteiger partial charge in [0.1, 0.15) is 5.75 Å². The highest BCUT2D eigenvalue weighted by Crippen LogP contribution is 2.30. The second-order valence-corrected chi connectivity index (χ2v) is 6.99. The van der Waals surface area contributed by atoms with Gasteiger partial charge >= 0.3 is 0 Å². The Morgan fingerprint density at radius 2 is 2.17 bits per heavy atom. The lowest BCUT2D eigenvalue weighted by Crippen LogP contribution is -2.48. The number of ether oxygens (including phenoxy) is 1. The fourth-order valence-corrected chi connectivity index (χ4v) is 3.89. The van der Waals surface area contributed by atoms with E-state index in [-0.39, 0.29) is 24.4 Å². The molecule has 1 N–H and O–H groups in total. The number of amides is 1. The molecule has 1 unspecified atom stereocenters. The highest BCUT2D eigenvalue weighted by Gasteiger charge is 2.29. The summed E-state index contributed by atoms with van der Waals surface area (Å²) in [6.45, 7) is 4.61. The predicted octanol–water partition coefficient (Wildman–Crippen LogP) is 3.51. The van der Waals surface area contributed by atoms with Crippen molar-refractivity contribution in [3.8, 4) is 5.75 Å². The number of para-hydroxylation sites is 1. The maximum Gasteiger partial charge on any atom is 0.224 e. The van der Waals surface area contributed by atoms with Gasteiger partial charge in [-0.15, -0.1) is 12.4 Å². The molecule has 1 aromatic rings. The Labute approximate surface area is 156 Å². The molecule has 1 aliphatic rings. The van der Waals surface area contributed by atoms with Gasteiger partial charge in [-0.1, -0.05) is 31.5 Å². The topological polar surface area (TPSA) is 41.6 Å². The smallest absolute Gasteiger partial charge is 0.224 e. The Kier molecular flexibility index (Phi) is 10.2. The summed E-state index contributed by atoms with van der Waals surface area (Å²) < 4.78 is 5.48. The molecule has 0 spiro atoms. The average Bonchev–Trinajstić information content (AvgIpc) is 2.61. The summed E-state index contributed by atoms with van der Waals surface area (Å²) >= 11 is 1.89. The van der Waals surface area contributed by atoms with E-state index in [1.54, 1.807) is 7.11 Å². The number of unbranched alkanes of at least 4 members (excludes halogenated alkanes) is 1. The van der Waals surface area contributed by atoms with Gasteiger partial charge in [-0.05, 0) is 18.2 Å². The van der Waals surface area contributed by atoms with Gasteiger partial charge in [-0.2, -0.15) is 11.8 Å². The number of nitrogens with one attached hydrogen (secondary N) is 1. The van der Waals surface area contributed by atoms with Crippen LogP contribution in [0.3, 0.4) is 0 Å². The van der Waals surface area contributed by atoms with E-state index in [4.69, 9.17) is 4.74 Å². The number of thioether (sulfide) groups is 1. The summed E-state index contributed by atoms with van der Waals surface area (Å²) in [6.07, 6.45) is 3.07. The van der Waals surface area contributed by atoms with Crippen LogP contribution in [0.2, 0.25) is 0 Å². The molecule has 1 aromatic carbocycles. The molecule has 4 nitrogen and oxygen atoms in total. The first-order chi connectivity index (χ1) is 11.3. The van der Waals surface area contributed by atoms with Gasteiger partial charge in [0.15, 0.2) is 0 Å². The number of benzene rings is 1. The molecule has 1 fully saturated rings. The molecule has 0 radical (unpaired) electrons. The van der Waals surface area contributed by atoms with Crippen molar-refractivity contribution in [1.82, 2.24) is 10.2 Å². The molecular weight excluding hydrogens is 344 g/mol. The van der Waals surface area contributed by atoms with Gasteiger partial charge in [-0.25, -0.2) is 0 Å². The lowest BCUT2D eigenvalue weighted by atomic mass is 10.0. The lowest BCUT2D eigenvalue weighted by molar-refractivity contribution is -0.134. The van der Waals surface area contributed by atoms with Crippen molar-refractivity contribution in [2.75, 3.05) is 38.2 Å². The molecule has 136 valence electrons. The summed E-state index contributed by atoms with van der Waals surface area (Å²) in [5.74, 6) is 3.19. The number of hydrogen-bond donors (Lipinski definition) is 1. The van der Waals surface area contributed by atoms with E-state index in [0.29, 0.717) is 6.42 Å². The van der Waals surface area contributed by atoms with E-state index in [0.717, 1.165) is 42.5 Å². The van der Waals surface area contributed by atoms with E-state index >= 15 is 0 Å². The molecule has 0 saturated carbocycles. The van der Waals surface area contributed by atoms with Crippen LogP contribution in [-0.2, 0) is 4.79 Å². The van der Waals surface area contributed by atoms with Crippen molar-refractivity contribution in [1.29, 1.82) is 0 Å². The van der Waals surface area contributed by atoms with Crippen molar-refractivity contribution in [3.63, 3.8) is 0 Å². The maximum absolute atomic E-state index is 12.7. The minimum Gasteiger partial charge on any atom is -0.496 e. The second-order valence-electron chi connectivity index (χ2n) is 5.76. The molecule has 1 heterocycles. The SMILES string of the molecule is CCCCSCCC(=O)N1CCNCC1c1ccccc1OC.Cl. The first-order valence-electron chi connectivity index (χ1n) is 8.48. The van der Waals surface area contributed by atoms with E-state index in [1.807, 2.05) is 34.9 Å². The number of carbonyl (C=O) groups is 1. The normalized spacial score (nSPS) is 17.2. The largest absolute Gasteiger partial charge is 0.496 e. The number of rotatable bonds is 8. The molecule has 1 saturated heterocycles.